The Kier molecular flexibility index (Phi) is 5.84. The number of hydrogen-bond acceptors (Lipinski definition) is 6. The van der Waals surface area contributed by atoms with Gasteiger partial charge in [-0.2, -0.15) is 9.94 Å². The molecule has 8 heteroatoms. The quantitative estimate of drug-likeness (QED) is 0.484. The summed E-state index contributed by atoms with van der Waals surface area (Å²) in [6.45, 7) is 4.06. The highest BCUT2D eigenvalue weighted by atomic mass is 32.2. The van der Waals surface area contributed by atoms with Gasteiger partial charge < -0.3 is 0 Å². The van der Waals surface area contributed by atoms with E-state index in [1.165, 1.54) is 22.2 Å². The molecule has 3 rings (SSSR count). The summed E-state index contributed by atoms with van der Waals surface area (Å²) in [5.74, 6) is -0.0516. The molecule has 3 aromatic rings. The molecular weight excluding hydrogens is 360 g/mol. The maximum Gasteiger partial charge on any atom is 0.238 e. The van der Waals surface area contributed by atoms with Crippen LogP contribution < -0.4 is 4.90 Å². The number of nitriles is 1. The van der Waals surface area contributed by atoms with Gasteiger partial charge in [-0.1, -0.05) is 36.0 Å². The van der Waals surface area contributed by atoms with Crippen LogP contribution in [-0.4, -0.2) is 38.4 Å². The molecule has 0 fully saturated rings. The van der Waals surface area contributed by atoms with E-state index in [9.17, 15) is 4.79 Å². The molecule has 0 atom stereocenters. The minimum atomic E-state index is -0.178. The Morgan fingerprint density at radius 3 is 2.67 bits per heavy atom. The van der Waals surface area contributed by atoms with Gasteiger partial charge in [0.1, 0.15) is 6.54 Å². The Morgan fingerprint density at radius 2 is 1.96 bits per heavy atom. The van der Waals surface area contributed by atoms with E-state index in [1.54, 1.807) is 16.8 Å². The molecular formula is C19H18N6OS. The largest absolute Gasteiger partial charge is 0.298 e. The zero-order chi connectivity index (χ0) is 19.2. The number of thioether (sulfide) groups is 1. The third-order valence-electron chi connectivity index (χ3n) is 4.10. The second-order valence-electron chi connectivity index (χ2n) is 5.90. The van der Waals surface area contributed by atoms with E-state index in [0.717, 1.165) is 11.3 Å². The number of benzene rings is 2. The van der Waals surface area contributed by atoms with Gasteiger partial charge in [-0.25, -0.2) is 0 Å². The molecule has 0 aliphatic carbocycles. The molecule has 0 aliphatic rings. The minimum absolute atomic E-state index is 0.00843. The Balaban J connectivity index is 1.75. The maximum absolute atomic E-state index is 12.7. The van der Waals surface area contributed by atoms with Gasteiger partial charge in [0.05, 0.1) is 17.5 Å². The zero-order valence-corrected chi connectivity index (χ0v) is 15.8. The van der Waals surface area contributed by atoms with Crippen LogP contribution in [0.3, 0.4) is 0 Å². The molecule has 0 aliphatic heterocycles. The van der Waals surface area contributed by atoms with Crippen molar-refractivity contribution >= 4 is 23.4 Å². The summed E-state index contributed by atoms with van der Waals surface area (Å²) in [5, 5.41) is 21.4. The number of aryl methyl sites for hydroxylation is 2. The fourth-order valence-electron chi connectivity index (χ4n) is 2.49. The first-order chi connectivity index (χ1) is 13.1. The standard InChI is InChI=1S/C19H18N6OS/c1-14-8-9-17(12-15(14)2)25-19(21-22-23-25)27-13-18(26)24(11-10-20)16-6-4-3-5-7-16/h3-9,12H,11,13H2,1-2H3. The van der Waals surface area contributed by atoms with E-state index in [-0.39, 0.29) is 18.2 Å². The molecule has 27 heavy (non-hydrogen) atoms. The van der Waals surface area contributed by atoms with Crippen LogP contribution in [0.25, 0.3) is 5.69 Å². The lowest BCUT2D eigenvalue weighted by atomic mass is 10.1. The third-order valence-corrected chi connectivity index (χ3v) is 5.00. The Labute approximate surface area is 161 Å². The fraction of sp³-hybridized carbons (Fsp3) is 0.211. The number of rotatable bonds is 6. The van der Waals surface area contributed by atoms with Crippen LogP contribution in [0, 0.1) is 25.2 Å². The van der Waals surface area contributed by atoms with E-state index in [2.05, 4.69) is 15.5 Å². The van der Waals surface area contributed by atoms with Crippen LogP contribution in [0.1, 0.15) is 11.1 Å². The van der Waals surface area contributed by atoms with Crippen molar-refractivity contribution in [1.82, 2.24) is 20.2 Å². The number of nitrogens with zero attached hydrogens (tertiary/aromatic N) is 6. The number of carbonyl (C=O) groups excluding carboxylic acids is 1. The molecule has 136 valence electrons. The fourth-order valence-corrected chi connectivity index (χ4v) is 3.26. The number of anilines is 1. The van der Waals surface area contributed by atoms with Crippen molar-refractivity contribution in [2.24, 2.45) is 0 Å². The van der Waals surface area contributed by atoms with Crippen molar-refractivity contribution in [3.63, 3.8) is 0 Å². The summed E-state index contributed by atoms with van der Waals surface area (Å²) < 4.78 is 1.61. The van der Waals surface area contributed by atoms with E-state index in [1.807, 2.05) is 56.3 Å². The van der Waals surface area contributed by atoms with Gasteiger partial charge in [0.2, 0.25) is 11.1 Å². The first-order valence-corrected chi connectivity index (χ1v) is 9.30. The average molecular weight is 378 g/mol. The van der Waals surface area contributed by atoms with E-state index >= 15 is 0 Å². The molecule has 0 N–H and O–H groups in total. The van der Waals surface area contributed by atoms with Crippen LogP contribution in [0.15, 0.2) is 53.7 Å². The van der Waals surface area contributed by atoms with Crippen molar-refractivity contribution in [2.75, 3.05) is 17.2 Å². The summed E-state index contributed by atoms with van der Waals surface area (Å²) in [7, 11) is 0. The van der Waals surface area contributed by atoms with Crippen molar-refractivity contribution in [1.29, 1.82) is 5.26 Å². The monoisotopic (exact) mass is 378 g/mol. The topological polar surface area (TPSA) is 87.7 Å². The lowest BCUT2D eigenvalue weighted by molar-refractivity contribution is -0.116. The Hall–Kier alpha value is -3.18. The molecule has 2 aromatic carbocycles. The van der Waals surface area contributed by atoms with E-state index < -0.39 is 0 Å². The van der Waals surface area contributed by atoms with Gasteiger partial charge in [-0.3, -0.25) is 9.69 Å². The van der Waals surface area contributed by atoms with Gasteiger partial charge in [0.15, 0.2) is 0 Å². The van der Waals surface area contributed by atoms with Crippen LogP contribution in [0.2, 0.25) is 0 Å². The average Bonchev–Trinajstić information content (AvgIpc) is 3.15. The molecule has 7 nitrogen and oxygen atoms in total. The minimum Gasteiger partial charge on any atom is -0.298 e. The molecule has 1 aromatic heterocycles. The second-order valence-corrected chi connectivity index (χ2v) is 6.85. The van der Waals surface area contributed by atoms with E-state index in [4.69, 9.17) is 5.26 Å². The van der Waals surface area contributed by atoms with Gasteiger partial charge >= 0.3 is 0 Å². The highest BCUT2D eigenvalue weighted by molar-refractivity contribution is 7.99. The smallest absolute Gasteiger partial charge is 0.238 e. The van der Waals surface area contributed by atoms with Crippen molar-refractivity contribution in [3.05, 3.63) is 59.7 Å². The molecule has 0 spiro atoms. The van der Waals surface area contributed by atoms with Crippen molar-refractivity contribution in [2.45, 2.75) is 19.0 Å². The second kappa shape index (κ2) is 8.47. The van der Waals surface area contributed by atoms with Crippen molar-refractivity contribution in [3.8, 4) is 11.8 Å². The van der Waals surface area contributed by atoms with Gasteiger partial charge in [0.25, 0.3) is 0 Å². The summed E-state index contributed by atoms with van der Waals surface area (Å²) in [4.78, 5) is 14.1. The van der Waals surface area contributed by atoms with Crippen LogP contribution in [0.4, 0.5) is 5.69 Å². The van der Waals surface area contributed by atoms with Gasteiger partial charge in [0, 0.05) is 5.69 Å². The Morgan fingerprint density at radius 1 is 1.19 bits per heavy atom. The van der Waals surface area contributed by atoms with Crippen LogP contribution >= 0.6 is 11.8 Å². The zero-order valence-electron chi connectivity index (χ0n) is 15.0. The lowest BCUT2D eigenvalue weighted by Gasteiger charge is -2.19. The SMILES string of the molecule is Cc1ccc(-n2nnnc2SCC(=O)N(CC#N)c2ccccc2)cc1C. The number of hydrogen-bond donors (Lipinski definition) is 0. The predicted octanol–water partition coefficient (Wildman–Crippen LogP) is 2.93. The third kappa shape index (κ3) is 4.33. The number of para-hydroxylation sites is 1. The van der Waals surface area contributed by atoms with Crippen LogP contribution in [-0.2, 0) is 4.79 Å². The number of amides is 1. The number of tetrazole rings is 1. The summed E-state index contributed by atoms with van der Waals surface area (Å²) in [5.41, 5.74) is 3.86. The van der Waals surface area contributed by atoms with Gasteiger partial charge in [-0.05, 0) is 59.7 Å². The molecule has 0 radical (unpaired) electrons. The normalized spacial score (nSPS) is 10.4. The Bertz CT molecular complexity index is 979. The predicted molar refractivity (Wildman–Crippen MR) is 104 cm³/mol. The lowest BCUT2D eigenvalue weighted by Crippen LogP contribution is -2.32. The molecule has 0 bridgehead atoms. The summed E-state index contributed by atoms with van der Waals surface area (Å²) >= 11 is 1.24. The highest BCUT2D eigenvalue weighted by Gasteiger charge is 2.18. The van der Waals surface area contributed by atoms with Crippen molar-refractivity contribution < 1.29 is 4.79 Å². The highest BCUT2D eigenvalue weighted by Crippen LogP contribution is 2.22. The van der Waals surface area contributed by atoms with Crippen LogP contribution in [0.5, 0.6) is 0 Å². The molecule has 0 saturated heterocycles. The molecule has 0 unspecified atom stereocenters. The van der Waals surface area contributed by atoms with Gasteiger partial charge in [-0.15, -0.1) is 5.10 Å². The number of aromatic nitrogens is 4. The number of carbonyl (C=O) groups is 1. The summed E-state index contributed by atoms with van der Waals surface area (Å²) in [6.07, 6.45) is 0. The molecule has 1 amide bonds. The first-order valence-electron chi connectivity index (χ1n) is 8.31. The maximum atomic E-state index is 12.7. The first kappa shape index (κ1) is 18.6. The van der Waals surface area contributed by atoms with E-state index in [0.29, 0.717) is 10.8 Å². The molecule has 0 saturated carbocycles. The summed E-state index contributed by atoms with van der Waals surface area (Å²) in [6, 6.07) is 17.1. The molecule has 1 heterocycles.